The van der Waals surface area contributed by atoms with E-state index in [9.17, 15) is 4.39 Å². The van der Waals surface area contributed by atoms with E-state index in [1.807, 2.05) is 6.92 Å². The third-order valence-corrected chi connectivity index (χ3v) is 3.09. The van der Waals surface area contributed by atoms with E-state index >= 15 is 0 Å². The molecule has 1 unspecified atom stereocenters. The predicted octanol–water partition coefficient (Wildman–Crippen LogP) is 4.70. The first-order valence-electron chi connectivity index (χ1n) is 5.38. The van der Waals surface area contributed by atoms with Crippen molar-refractivity contribution in [3.63, 3.8) is 0 Å². The predicted molar refractivity (Wildman–Crippen MR) is 72.7 cm³/mol. The summed E-state index contributed by atoms with van der Waals surface area (Å²) in [7, 11) is 0. The summed E-state index contributed by atoms with van der Waals surface area (Å²) in [5, 5.41) is 4.33. The Balaban J connectivity index is 2.21. The van der Waals surface area contributed by atoms with Gasteiger partial charge in [-0.2, -0.15) is 0 Å². The summed E-state index contributed by atoms with van der Waals surface area (Å²) >= 11 is 11.9. The summed E-state index contributed by atoms with van der Waals surface area (Å²) in [6, 6.07) is 6.46. The summed E-state index contributed by atoms with van der Waals surface area (Å²) in [6.07, 6.45) is 2.78. The lowest BCUT2D eigenvalue weighted by molar-refractivity contribution is 0.616. The zero-order valence-electron chi connectivity index (χ0n) is 9.62. The van der Waals surface area contributed by atoms with Crippen molar-refractivity contribution in [2.75, 3.05) is 5.32 Å². The van der Waals surface area contributed by atoms with Crippen LogP contribution in [0.2, 0.25) is 10.0 Å². The van der Waals surface area contributed by atoms with Gasteiger partial charge in [0.05, 0.1) is 22.9 Å². The van der Waals surface area contributed by atoms with Gasteiger partial charge in [-0.3, -0.25) is 4.98 Å². The SMILES string of the molecule is CC(Nc1cc(Cl)ccc1Cl)c1cncc(F)c1. The van der Waals surface area contributed by atoms with Gasteiger partial charge in [0.1, 0.15) is 5.82 Å². The summed E-state index contributed by atoms with van der Waals surface area (Å²) in [6.45, 7) is 1.90. The van der Waals surface area contributed by atoms with Gasteiger partial charge in [0.2, 0.25) is 0 Å². The van der Waals surface area contributed by atoms with Gasteiger partial charge < -0.3 is 5.32 Å². The number of aromatic nitrogens is 1. The Labute approximate surface area is 115 Å². The summed E-state index contributed by atoms with van der Waals surface area (Å²) in [5.74, 6) is -0.363. The number of halogens is 3. The number of benzene rings is 1. The van der Waals surface area contributed by atoms with Crippen molar-refractivity contribution in [2.45, 2.75) is 13.0 Å². The maximum atomic E-state index is 13.1. The van der Waals surface area contributed by atoms with Gasteiger partial charge in [0, 0.05) is 11.2 Å². The van der Waals surface area contributed by atoms with Gasteiger partial charge in [-0.25, -0.2) is 4.39 Å². The first-order chi connectivity index (χ1) is 8.56. The first kappa shape index (κ1) is 13.1. The van der Waals surface area contributed by atoms with E-state index in [1.165, 1.54) is 12.3 Å². The molecule has 1 atom stereocenters. The Morgan fingerprint density at radius 3 is 2.72 bits per heavy atom. The Morgan fingerprint density at radius 1 is 1.22 bits per heavy atom. The van der Waals surface area contributed by atoms with E-state index in [2.05, 4.69) is 10.3 Å². The van der Waals surface area contributed by atoms with Gasteiger partial charge in [0.25, 0.3) is 0 Å². The summed E-state index contributed by atoms with van der Waals surface area (Å²) < 4.78 is 13.1. The molecule has 5 heteroatoms. The van der Waals surface area contributed by atoms with E-state index in [0.29, 0.717) is 15.7 Å². The third kappa shape index (κ3) is 3.12. The number of pyridine rings is 1. The second-order valence-corrected chi connectivity index (χ2v) is 4.77. The second kappa shape index (κ2) is 5.55. The molecule has 94 valence electrons. The fourth-order valence-corrected chi connectivity index (χ4v) is 1.93. The van der Waals surface area contributed by atoms with Gasteiger partial charge >= 0.3 is 0 Å². The minimum atomic E-state index is -0.363. The minimum Gasteiger partial charge on any atom is -0.377 e. The van der Waals surface area contributed by atoms with Crippen LogP contribution in [-0.2, 0) is 0 Å². The van der Waals surface area contributed by atoms with Crippen molar-refractivity contribution >= 4 is 28.9 Å². The van der Waals surface area contributed by atoms with E-state index in [4.69, 9.17) is 23.2 Å². The molecule has 1 aromatic carbocycles. The van der Waals surface area contributed by atoms with Crippen LogP contribution >= 0.6 is 23.2 Å². The third-order valence-electron chi connectivity index (χ3n) is 2.53. The molecule has 2 rings (SSSR count). The molecule has 0 aliphatic rings. The standard InChI is InChI=1S/C13H11Cl2FN2/c1-8(9-4-11(16)7-17-6-9)18-13-5-10(14)2-3-12(13)15/h2-8,18H,1H3. The molecule has 18 heavy (non-hydrogen) atoms. The highest BCUT2D eigenvalue weighted by atomic mass is 35.5. The van der Waals surface area contributed by atoms with Crippen molar-refractivity contribution in [1.29, 1.82) is 0 Å². The lowest BCUT2D eigenvalue weighted by atomic mass is 10.1. The van der Waals surface area contributed by atoms with Gasteiger partial charge in [-0.05, 0) is 36.8 Å². The molecular weight excluding hydrogens is 274 g/mol. The Bertz CT molecular complexity index is 560. The highest BCUT2D eigenvalue weighted by molar-refractivity contribution is 6.35. The van der Waals surface area contributed by atoms with Crippen molar-refractivity contribution in [3.8, 4) is 0 Å². The molecule has 0 spiro atoms. The minimum absolute atomic E-state index is 0.121. The second-order valence-electron chi connectivity index (χ2n) is 3.93. The molecule has 0 amide bonds. The lowest BCUT2D eigenvalue weighted by Gasteiger charge is -2.16. The average molecular weight is 285 g/mol. The van der Waals surface area contributed by atoms with Crippen LogP contribution in [0.4, 0.5) is 10.1 Å². The molecule has 0 aliphatic carbocycles. The number of nitrogens with zero attached hydrogens (tertiary/aromatic N) is 1. The Kier molecular flexibility index (Phi) is 4.04. The average Bonchev–Trinajstić information content (AvgIpc) is 2.34. The fraction of sp³-hybridized carbons (Fsp3) is 0.154. The molecule has 0 radical (unpaired) electrons. The molecule has 0 saturated carbocycles. The van der Waals surface area contributed by atoms with Crippen LogP contribution in [0.15, 0.2) is 36.7 Å². The van der Waals surface area contributed by atoms with E-state index < -0.39 is 0 Å². The van der Waals surface area contributed by atoms with Crippen LogP contribution in [0.3, 0.4) is 0 Å². The lowest BCUT2D eigenvalue weighted by Crippen LogP contribution is -2.07. The number of rotatable bonds is 3. The normalized spacial score (nSPS) is 12.2. The molecule has 1 aromatic heterocycles. The molecule has 2 nitrogen and oxygen atoms in total. The number of nitrogens with one attached hydrogen (secondary N) is 1. The monoisotopic (exact) mass is 284 g/mol. The van der Waals surface area contributed by atoms with Crippen LogP contribution < -0.4 is 5.32 Å². The molecule has 0 saturated heterocycles. The zero-order valence-corrected chi connectivity index (χ0v) is 11.1. The Hall–Kier alpha value is -1.32. The van der Waals surface area contributed by atoms with Crippen molar-refractivity contribution < 1.29 is 4.39 Å². The van der Waals surface area contributed by atoms with Gasteiger partial charge in [-0.1, -0.05) is 23.2 Å². The number of anilines is 1. The Morgan fingerprint density at radius 2 is 2.00 bits per heavy atom. The van der Waals surface area contributed by atoms with E-state index in [1.54, 1.807) is 24.4 Å². The quantitative estimate of drug-likeness (QED) is 0.884. The summed E-state index contributed by atoms with van der Waals surface area (Å²) in [4.78, 5) is 3.81. The maximum Gasteiger partial charge on any atom is 0.141 e. The smallest absolute Gasteiger partial charge is 0.141 e. The van der Waals surface area contributed by atoms with Crippen molar-refractivity contribution in [1.82, 2.24) is 4.98 Å². The van der Waals surface area contributed by atoms with Gasteiger partial charge in [-0.15, -0.1) is 0 Å². The molecule has 1 N–H and O–H groups in total. The van der Waals surface area contributed by atoms with E-state index in [0.717, 1.165) is 5.56 Å². The van der Waals surface area contributed by atoms with Gasteiger partial charge in [0.15, 0.2) is 0 Å². The fourth-order valence-electron chi connectivity index (χ4n) is 1.59. The highest BCUT2D eigenvalue weighted by Gasteiger charge is 2.09. The van der Waals surface area contributed by atoms with Crippen LogP contribution in [0.5, 0.6) is 0 Å². The van der Waals surface area contributed by atoms with Crippen LogP contribution in [-0.4, -0.2) is 4.98 Å². The molecule has 2 aromatic rings. The molecule has 1 heterocycles. The molecular formula is C13H11Cl2FN2. The molecule has 0 aliphatic heterocycles. The van der Waals surface area contributed by atoms with Crippen molar-refractivity contribution in [2.24, 2.45) is 0 Å². The maximum absolute atomic E-state index is 13.1. The molecule has 0 fully saturated rings. The largest absolute Gasteiger partial charge is 0.377 e. The number of hydrogen-bond donors (Lipinski definition) is 1. The van der Waals surface area contributed by atoms with Crippen LogP contribution in [0.25, 0.3) is 0 Å². The number of hydrogen-bond acceptors (Lipinski definition) is 2. The zero-order chi connectivity index (χ0) is 13.1. The summed E-state index contributed by atoms with van der Waals surface area (Å²) in [5.41, 5.74) is 1.45. The first-order valence-corrected chi connectivity index (χ1v) is 6.14. The molecule has 0 bridgehead atoms. The van der Waals surface area contributed by atoms with Crippen molar-refractivity contribution in [3.05, 3.63) is 58.1 Å². The topological polar surface area (TPSA) is 24.9 Å². The van der Waals surface area contributed by atoms with E-state index in [-0.39, 0.29) is 11.9 Å². The van der Waals surface area contributed by atoms with Crippen LogP contribution in [0.1, 0.15) is 18.5 Å². The highest BCUT2D eigenvalue weighted by Crippen LogP contribution is 2.28. The van der Waals surface area contributed by atoms with Crippen LogP contribution in [0, 0.1) is 5.82 Å².